The van der Waals surface area contributed by atoms with Gasteiger partial charge in [-0.05, 0) is 31.2 Å². The molecule has 0 unspecified atom stereocenters. The molecule has 0 saturated carbocycles. The molecule has 1 amide bonds. The van der Waals surface area contributed by atoms with E-state index in [1.165, 1.54) is 0 Å². The molecular weight excluding hydrogens is 429 g/mol. The number of aliphatic imine (C=N–C) groups is 1. The number of guanidine groups is 1. The summed E-state index contributed by atoms with van der Waals surface area (Å²) in [6.07, 6.45) is 2.50. The van der Waals surface area contributed by atoms with Gasteiger partial charge < -0.3 is 16.4 Å². The third-order valence-corrected chi connectivity index (χ3v) is 3.37. The second-order valence-corrected chi connectivity index (χ2v) is 5.39. The molecule has 0 aliphatic carbocycles. The monoisotopic (exact) mass is 453 g/mol. The van der Waals surface area contributed by atoms with E-state index in [9.17, 15) is 4.79 Å². The highest BCUT2D eigenvalue weighted by Gasteiger charge is 2.04. The molecule has 0 spiro atoms. The van der Waals surface area contributed by atoms with E-state index in [2.05, 4.69) is 20.6 Å². The van der Waals surface area contributed by atoms with Gasteiger partial charge in [0.05, 0.1) is 0 Å². The summed E-state index contributed by atoms with van der Waals surface area (Å²) in [7, 11) is 0. The van der Waals surface area contributed by atoms with Gasteiger partial charge >= 0.3 is 0 Å². The second kappa shape index (κ2) is 11.4. The van der Waals surface area contributed by atoms with Gasteiger partial charge in [0.15, 0.2) is 5.96 Å². The van der Waals surface area contributed by atoms with Crippen LogP contribution in [0.5, 0.6) is 0 Å². The van der Waals surface area contributed by atoms with Gasteiger partial charge in [-0.2, -0.15) is 0 Å². The molecular formula is C18H24IN5O. The summed E-state index contributed by atoms with van der Waals surface area (Å²) in [6.45, 7) is 3.53. The van der Waals surface area contributed by atoms with Gasteiger partial charge in [-0.25, -0.2) is 0 Å². The van der Waals surface area contributed by atoms with Crippen molar-refractivity contribution in [2.45, 2.75) is 13.3 Å². The first-order chi connectivity index (χ1) is 11.6. The number of halogens is 1. The van der Waals surface area contributed by atoms with Crippen LogP contribution < -0.4 is 16.4 Å². The van der Waals surface area contributed by atoms with Gasteiger partial charge in [0, 0.05) is 43.5 Å². The van der Waals surface area contributed by atoms with Crippen molar-refractivity contribution in [3.63, 3.8) is 0 Å². The maximum Gasteiger partial charge on any atom is 0.251 e. The number of hydrogen-bond acceptors (Lipinski definition) is 3. The van der Waals surface area contributed by atoms with E-state index in [0.29, 0.717) is 31.2 Å². The molecule has 25 heavy (non-hydrogen) atoms. The van der Waals surface area contributed by atoms with Crippen molar-refractivity contribution >= 4 is 35.8 Å². The summed E-state index contributed by atoms with van der Waals surface area (Å²) in [4.78, 5) is 20.4. The maximum atomic E-state index is 12.0. The van der Waals surface area contributed by atoms with Crippen LogP contribution in [0.15, 0.2) is 53.7 Å². The normalized spacial score (nSPS) is 10.7. The third kappa shape index (κ3) is 7.97. The summed E-state index contributed by atoms with van der Waals surface area (Å²) in [5.41, 5.74) is 8.50. The van der Waals surface area contributed by atoms with Crippen molar-refractivity contribution in [3.8, 4) is 0 Å². The molecule has 0 saturated heterocycles. The predicted octanol–water partition coefficient (Wildman–Crippen LogP) is 1.88. The second-order valence-electron chi connectivity index (χ2n) is 5.39. The van der Waals surface area contributed by atoms with Crippen molar-refractivity contribution < 1.29 is 4.79 Å². The Balaban J connectivity index is 0.00000312. The summed E-state index contributed by atoms with van der Waals surface area (Å²) < 4.78 is 0. The summed E-state index contributed by atoms with van der Waals surface area (Å²) in [5.74, 6) is 0.280. The largest absolute Gasteiger partial charge is 0.370 e. The topological polar surface area (TPSA) is 92.4 Å². The first-order valence-electron chi connectivity index (χ1n) is 7.94. The van der Waals surface area contributed by atoms with Gasteiger partial charge in [-0.1, -0.05) is 23.8 Å². The van der Waals surface area contributed by atoms with Gasteiger partial charge in [0.1, 0.15) is 0 Å². The van der Waals surface area contributed by atoms with E-state index in [-0.39, 0.29) is 29.9 Å². The minimum Gasteiger partial charge on any atom is -0.370 e. The van der Waals surface area contributed by atoms with E-state index in [0.717, 1.165) is 17.7 Å². The molecule has 2 aromatic rings. The zero-order valence-corrected chi connectivity index (χ0v) is 16.6. The minimum absolute atomic E-state index is 0. The molecule has 2 rings (SSSR count). The lowest BCUT2D eigenvalue weighted by Crippen LogP contribution is -2.38. The number of pyridine rings is 1. The van der Waals surface area contributed by atoms with E-state index in [1.54, 1.807) is 12.3 Å². The number of aryl methyl sites for hydroxylation is 1. The quantitative estimate of drug-likeness (QED) is 0.259. The van der Waals surface area contributed by atoms with E-state index in [4.69, 9.17) is 5.73 Å². The van der Waals surface area contributed by atoms with E-state index >= 15 is 0 Å². The molecule has 0 fully saturated rings. The molecule has 6 nitrogen and oxygen atoms in total. The maximum absolute atomic E-state index is 12.0. The van der Waals surface area contributed by atoms with Gasteiger partial charge in [0.2, 0.25) is 0 Å². The van der Waals surface area contributed by atoms with Crippen molar-refractivity contribution in [2.75, 3.05) is 19.6 Å². The van der Waals surface area contributed by atoms with Gasteiger partial charge in [-0.3, -0.25) is 14.8 Å². The van der Waals surface area contributed by atoms with Crippen LogP contribution >= 0.6 is 24.0 Å². The fourth-order valence-corrected chi connectivity index (χ4v) is 2.15. The Kier molecular flexibility index (Phi) is 9.53. The number of rotatable bonds is 7. The highest BCUT2D eigenvalue weighted by molar-refractivity contribution is 14.0. The molecule has 134 valence electrons. The van der Waals surface area contributed by atoms with E-state index < -0.39 is 0 Å². The fraction of sp³-hybridized carbons (Fsp3) is 0.278. The summed E-state index contributed by atoms with van der Waals surface area (Å²) in [5, 5.41) is 5.82. The Morgan fingerprint density at radius 2 is 1.96 bits per heavy atom. The Morgan fingerprint density at radius 3 is 2.68 bits per heavy atom. The van der Waals surface area contributed by atoms with Crippen molar-refractivity contribution in [3.05, 3.63) is 65.5 Å². The number of carbonyl (C=O) groups excluding carboxylic acids is 1. The number of nitrogens with two attached hydrogens (primary N) is 1. The highest BCUT2D eigenvalue weighted by atomic mass is 127. The number of nitrogens with zero attached hydrogens (tertiary/aromatic N) is 2. The summed E-state index contributed by atoms with van der Waals surface area (Å²) in [6, 6.07) is 13.3. The van der Waals surface area contributed by atoms with Crippen LogP contribution in [0.3, 0.4) is 0 Å². The molecule has 0 aliphatic heterocycles. The smallest absolute Gasteiger partial charge is 0.251 e. The molecule has 1 aromatic heterocycles. The lowest BCUT2D eigenvalue weighted by Gasteiger charge is -2.08. The molecule has 1 aromatic carbocycles. The number of aromatic nitrogens is 1. The number of amides is 1. The van der Waals surface area contributed by atoms with Crippen molar-refractivity contribution in [1.82, 2.24) is 15.6 Å². The Morgan fingerprint density at radius 1 is 1.16 bits per heavy atom. The van der Waals surface area contributed by atoms with Crippen LogP contribution in [0.2, 0.25) is 0 Å². The van der Waals surface area contributed by atoms with Crippen LogP contribution in [0.1, 0.15) is 21.6 Å². The molecule has 0 radical (unpaired) electrons. The van der Waals surface area contributed by atoms with Crippen molar-refractivity contribution in [2.24, 2.45) is 10.7 Å². The lowest BCUT2D eigenvalue weighted by molar-refractivity contribution is 0.0954. The predicted molar refractivity (Wildman–Crippen MR) is 111 cm³/mol. The molecule has 0 atom stereocenters. The van der Waals surface area contributed by atoms with Crippen LogP contribution in [0.4, 0.5) is 0 Å². The van der Waals surface area contributed by atoms with Gasteiger partial charge in [0.25, 0.3) is 5.91 Å². The van der Waals surface area contributed by atoms with E-state index in [1.807, 2.05) is 43.3 Å². The lowest BCUT2D eigenvalue weighted by atomic mass is 10.1. The number of hydrogen-bond donors (Lipinski definition) is 3. The Labute approximate surface area is 165 Å². The Hall–Kier alpha value is -2.16. The molecule has 0 bridgehead atoms. The van der Waals surface area contributed by atoms with Crippen molar-refractivity contribution in [1.29, 1.82) is 0 Å². The zero-order chi connectivity index (χ0) is 17.2. The third-order valence-electron chi connectivity index (χ3n) is 3.37. The average molecular weight is 453 g/mol. The van der Waals surface area contributed by atoms with Crippen LogP contribution in [0.25, 0.3) is 0 Å². The molecule has 4 N–H and O–H groups in total. The van der Waals surface area contributed by atoms with Crippen LogP contribution in [-0.2, 0) is 6.42 Å². The molecule has 0 aliphatic rings. The molecule has 7 heteroatoms. The van der Waals surface area contributed by atoms with Gasteiger partial charge in [-0.15, -0.1) is 24.0 Å². The summed E-state index contributed by atoms with van der Waals surface area (Å²) >= 11 is 0. The number of nitrogens with one attached hydrogen (secondary N) is 2. The van der Waals surface area contributed by atoms with Crippen LogP contribution in [0, 0.1) is 6.92 Å². The number of benzene rings is 1. The molecule has 1 heterocycles. The zero-order valence-electron chi connectivity index (χ0n) is 14.2. The van der Waals surface area contributed by atoms with Crippen LogP contribution in [-0.4, -0.2) is 36.5 Å². The first-order valence-corrected chi connectivity index (χ1v) is 7.94. The number of carbonyl (C=O) groups is 1. The average Bonchev–Trinajstić information content (AvgIpc) is 2.59. The highest BCUT2D eigenvalue weighted by Crippen LogP contribution is 2.03. The Bertz CT molecular complexity index is 691. The first kappa shape index (κ1) is 20.9. The SMILES string of the molecule is Cc1cccc(C(=O)NCCNC(N)=NCCc2ccccn2)c1.I. The minimum atomic E-state index is -0.0915. The standard InChI is InChI=1S/C18H23N5O.HI/c1-14-5-4-6-15(13-14)17(24)21-11-12-23-18(19)22-10-8-16-7-2-3-9-20-16;/h2-7,9,13H,8,10-12H2,1H3,(H,21,24)(H3,19,22,23);1H. The fourth-order valence-electron chi connectivity index (χ4n) is 2.15.